The van der Waals surface area contributed by atoms with Crippen LogP contribution in [0.5, 0.6) is 0 Å². The van der Waals surface area contributed by atoms with E-state index in [4.69, 9.17) is 11.6 Å². The van der Waals surface area contributed by atoms with Crippen molar-refractivity contribution in [2.45, 2.75) is 20.8 Å². The molecule has 0 aliphatic rings. The Labute approximate surface area is 193 Å². The van der Waals surface area contributed by atoms with Crippen LogP contribution in [0.25, 0.3) is 5.69 Å². The van der Waals surface area contributed by atoms with E-state index in [1.807, 2.05) is 39.0 Å². The lowest BCUT2D eigenvalue weighted by Gasteiger charge is -2.22. The molecular formula is C23H25ClN4O3S. The van der Waals surface area contributed by atoms with Crippen molar-refractivity contribution in [2.75, 3.05) is 17.1 Å². The Morgan fingerprint density at radius 1 is 1.12 bits per heavy atom. The minimum atomic E-state index is -3.72. The Balaban J connectivity index is 1.74. The van der Waals surface area contributed by atoms with E-state index in [9.17, 15) is 13.2 Å². The smallest absolute Gasteiger partial charge is 0.260 e. The molecule has 0 spiro atoms. The largest absolute Gasteiger partial charge is 0.318 e. The molecular weight excluding hydrogens is 448 g/mol. The van der Waals surface area contributed by atoms with Crippen molar-refractivity contribution in [3.05, 3.63) is 82.1 Å². The first kappa shape index (κ1) is 23.6. The van der Waals surface area contributed by atoms with Gasteiger partial charge >= 0.3 is 0 Å². The molecule has 0 saturated heterocycles. The van der Waals surface area contributed by atoms with Gasteiger partial charge in [-0.15, -0.1) is 0 Å². The second kappa shape index (κ2) is 9.58. The lowest BCUT2D eigenvalue weighted by molar-refractivity contribution is -0.119. The van der Waals surface area contributed by atoms with Crippen LogP contribution in [-0.2, 0) is 14.8 Å². The maximum atomic E-state index is 12.4. The number of para-hydroxylation sites is 1. The van der Waals surface area contributed by atoms with Crippen molar-refractivity contribution >= 4 is 39.4 Å². The van der Waals surface area contributed by atoms with Crippen molar-refractivity contribution < 1.29 is 13.2 Å². The number of sulfonamides is 1. The first-order valence-electron chi connectivity index (χ1n) is 9.88. The average molecular weight is 473 g/mol. The number of rotatable bonds is 7. The Morgan fingerprint density at radius 3 is 2.41 bits per heavy atom. The highest BCUT2D eigenvalue weighted by Crippen LogP contribution is 2.27. The van der Waals surface area contributed by atoms with E-state index < -0.39 is 22.5 Å². The van der Waals surface area contributed by atoms with Crippen LogP contribution in [0.4, 0.5) is 5.69 Å². The topological polar surface area (TPSA) is 83.8 Å². The summed E-state index contributed by atoms with van der Waals surface area (Å²) in [6.45, 7) is 5.56. The summed E-state index contributed by atoms with van der Waals surface area (Å²) < 4.78 is 27.5. The standard InChI is InChI=1S/C23H25ClN4O3S/c1-16-9-11-20(12-10-16)28-17(2)13-19(18(28)3)14-25-26-23(29)15-27(32(4,30)31)22-8-6-5-7-21(22)24/h5-14H,15H2,1-4H3,(H,26,29)/b25-14-. The highest BCUT2D eigenvalue weighted by molar-refractivity contribution is 7.92. The fraction of sp³-hybridized carbons (Fsp3) is 0.217. The molecule has 7 nitrogen and oxygen atoms in total. The third kappa shape index (κ3) is 5.38. The Bertz CT molecular complexity index is 1260. The fourth-order valence-electron chi connectivity index (χ4n) is 3.38. The monoisotopic (exact) mass is 472 g/mol. The molecule has 0 bridgehead atoms. The summed E-state index contributed by atoms with van der Waals surface area (Å²) in [4.78, 5) is 12.4. The van der Waals surface area contributed by atoms with Gasteiger partial charge in [0, 0.05) is 22.6 Å². The van der Waals surface area contributed by atoms with Crippen LogP contribution in [0.2, 0.25) is 5.02 Å². The number of aryl methyl sites for hydroxylation is 2. The first-order chi connectivity index (χ1) is 15.1. The number of benzene rings is 2. The number of hydrazone groups is 1. The molecule has 1 aromatic heterocycles. The number of carbonyl (C=O) groups is 1. The van der Waals surface area contributed by atoms with E-state index in [-0.39, 0.29) is 10.7 Å². The highest BCUT2D eigenvalue weighted by Gasteiger charge is 2.22. The molecule has 0 aliphatic carbocycles. The number of hydrogen-bond acceptors (Lipinski definition) is 4. The first-order valence-corrected chi connectivity index (χ1v) is 12.1. The molecule has 3 aromatic rings. The highest BCUT2D eigenvalue weighted by atomic mass is 35.5. The van der Waals surface area contributed by atoms with Crippen molar-refractivity contribution in [1.29, 1.82) is 0 Å². The van der Waals surface area contributed by atoms with Crippen molar-refractivity contribution in [3.63, 3.8) is 0 Å². The molecule has 0 fully saturated rings. The molecule has 0 atom stereocenters. The average Bonchev–Trinajstić information content (AvgIpc) is 3.00. The zero-order chi connectivity index (χ0) is 23.5. The van der Waals surface area contributed by atoms with Crippen LogP contribution in [-0.4, -0.2) is 37.9 Å². The molecule has 168 valence electrons. The predicted octanol–water partition coefficient (Wildman–Crippen LogP) is 3.97. The molecule has 0 unspecified atom stereocenters. The summed E-state index contributed by atoms with van der Waals surface area (Å²) in [6.07, 6.45) is 2.57. The number of halogens is 1. The van der Waals surface area contributed by atoms with Gasteiger partial charge in [0.2, 0.25) is 10.0 Å². The maximum absolute atomic E-state index is 12.4. The second-order valence-corrected chi connectivity index (χ2v) is 9.83. The quantitative estimate of drug-likeness (QED) is 0.417. The summed E-state index contributed by atoms with van der Waals surface area (Å²) in [6, 6.07) is 16.6. The number of hydrogen-bond donors (Lipinski definition) is 1. The number of nitrogens with zero attached hydrogens (tertiary/aromatic N) is 3. The van der Waals surface area contributed by atoms with Crippen LogP contribution in [0.15, 0.2) is 59.7 Å². The van der Waals surface area contributed by atoms with E-state index in [0.717, 1.165) is 33.2 Å². The normalized spacial score (nSPS) is 11.7. The number of aromatic nitrogens is 1. The molecule has 1 N–H and O–H groups in total. The van der Waals surface area contributed by atoms with Gasteiger partial charge in [-0.25, -0.2) is 13.8 Å². The molecule has 0 aliphatic heterocycles. The number of carbonyl (C=O) groups excluding carboxylic acids is 1. The van der Waals surface area contributed by atoms with Crippen molar-refractivity contribution in [1.82, 2.24) is 9.99 Å². The molecule has 32 heavy (non-hydrogen) atoms. The summed E-state index contributed by atoms with van der Waals surface area (Å²) in [5.41, 5.74) is 7.69. The Morgan fingerprint density at radius 2 is 1.78 bits per heavy atom. The molecule has 0 saturated carbocycles. The predicted molar refractivity (Wildman–Crippen MR) is 129 cm³/mol. The van der Waals surface area contributed by atoms with E-state index in [2.05, 4.69) is 27.2 Å². The zero-order valence-corrected chi connectivity index (χ0v) is 19.9. The van der Waals surface area contributed by atoms with Gasteiger partial charge in [-0.1, -0.05) is 41.4 Å². The van der Waals surface area contributed by atoms with Gasteiger partial charge in [0.1, 0.15) is 6.54 Å². The van der Waals surface area contributed by atoms with Crippen LogP contribution >= 0.6 is 11.6 Å². The van der Waals surface area contributed by atoms with Gasteiger partial charge < -0.3 is 4.57 Å². The maximum Gasteiger partial charge on any atom is 0.260 e. The van der Waals surface area contributed by atoms with Gasteiger partial charge in [0.15, 0.2) is 0 Å². The van der Waals surface area contributed by atoms with Crippen LogP contribution < -0.4 is 9.73 Å². The third-order valence-corrected chi connectivity index (χ3v) is 6.41. The van der Waals surface area contributed by atoms with Gasteiger partial charge in [-0.2, -0.15) is 5.10 Å². The van der Waals surface area contributed by atoms with Gasteiger partial charge in [0.25, 0.3) is 5.91 Å². The second-order valence-electron chi connectivity index (χ2n) is 7.51. The van der Waals surface area contributed by atoms with Gasteiger partial charge in [0.05, 0.1) is 23.2 Å². The lowest BCUT2D eigenvalue weighted by Crippen LogP contribution is -2.39. The minimum absolute atomic E-state index is 0.234. The summed E-state index contributed by atoms with van der Waals surface area (Å²) in [7, 11) is -3.72. The SMILES string of the molecule is Cc1ccc(-n2c(C)cc(/C=N\NC(=O)CN(c3ccccc3Cl)S(C)(=O)=O)c2C)cc1. The summed E-state index contributed by atoms with van der Waals surface area (Å²) in [5.74, 6) is -0.584. The lowest BCUT2D eigenvalue weighted by atomic mass is 10.2. The Kier molecular flexibility index (Phi) is 7.06. The van der Waals surface area contributed by atoms with Gasteiger partial charge in [-0.05, 0) is 51.1 Å². The van der Waals surface area contributed by atoms with E-state index in [1.54, 1.807) is 30.5 Å². The van der Waals surface area contributed by atoms with E-state index in [1.165, 1.54) is 5.56 Å². The fourth-order valence-corrected chi connectivity index (χ4v) is 4.54. The van der Waals surface area contributed by atoms with Crippen LogP contribution in [0.1, 0.15) is 22.5 Å². The van der Waals surface area contributed by atoms with Crippen LogP contribution in [0, 0.1) is 20.8 Å². The minimum Gasteiger partial charge on any atom is -0.318 e. The molecule has 1 heterocycles. The molecule has 1 amide bonds. The Hall–Kier alpha value is -3.10. The summed E-state index contributed by atoms with van der Waals surface area (Å²) in [5, 5.41) is 4.26. The molecule has 3 rings (SSSR count). The molecule has 0 radical (unpaired) electrons. The molecule has 9 heteroatoms. The summed E-state index contributed by atoms with van der Waals surface area (Å²) >= 11 is 6.12. The zero-order valence-electron chi connectivity index (χ0n) is 18.3. The van der Waals surface area contributed by atoms with E-state index >= 15 is 0 Å². The van der Waals surface area contributed by atoms with Gasteiger partial charge in [-0.3, -0.25) is 9.10 Å². The number of nitrogens with one attached hydrogen (secondary N) is 1. The van der Waals surface area contributed by atoms with Crippen LogP contribution in [0.3, 0.4) is 0 Å². The number of amides is 1. The van der Waals surface area contributed by atoms with Crippen molar-refractivity contribution in [3.8, 4) is 5.69 Å². The van der Waals surface area contributed by atoms with E-state index in [0.29, 0.717) is 0 Å². The molecule has 2 aromatic carbocycles. The van der Waals surface area contributed by atoms with Crippen molar-refractivity contribution in [2.24, 2.45) is 5.10 Å². The third-order valence-electron chi connectivity index (χ3n) is 4.96. The number of anilines is 1.